The molecule has 0 aliphatic rings. The van der Waals surface area contributed by atoms with Crippen LogP contribution in [0.5, 0.6) is 0 Å². The fourth-order valence-electron chi connectivity index (χ4n) is 1.95. The summed E-state index contributed by atoms with van der Waals surface area (Å²) < 4.78 is 1.35. The first-order valence-corrected chi connectivity index (χ1v) is 7.22. The van der Waals surface area contributed by atoms with Crippen molar-refractivity contribution in [3.05, 3.63) is 46.4 Å². The maximum atomic E-state index is 11.8. The van der Waals surface area contributed by atoms with Crippen LogP contribution in [0.25, 0.3) is 0 Å². The zero-order valence-corrected chi connectivity index (χ0v) is 12.5. The quantitative estimate of drug-likeness (QED) is 0.668. The van der Waals surface area contributed by atoms with Crippen molar-refractivity contribution in [3.8, 4) is 0 Å². The summed E-state index contributed by atoms with van der Waals surface area (Å²) >= 11 is 1.20. The molecule has 0 spiro atoms. The standard InChI is InChI=1S/C13H16N4O3S/c1-14-13(10(18)19,9-6-4-3-5-7-9)8-21-12-16-15-11(20)17(12)2/h3-7,14H,8H2,1-2H3,(H,15,20)(H,18,19). The van der Waals surface area contributed by atoms with Crippen molar-refractivity contribution in [3.63, 3.8) is 0 Å². The first-order valence-electron chi connectivity index (χ1n) is 6.23. The van der Waals surface area contributed by atoms with Crippen LogP contribution in [0, 0.1) is 0 Å². The zero-order valence-electron chi connectivity index (χ0n) is 11.7. The lowest BCUT2D eigenvalue weighted by Gasteiger charge is -2.29. The van der Waals surface area contributed by atoms with E-state index in [0.717, 1.165) is 0 Å². The highest BCUT2D eigenvalue weighted by atomic mass is 32.2. The fourth-order valence-corrected chi connectivity index (χ4v) is 3.12. The largest absolute Gasteiger partial charge is 0.480 e. The average Bonchev–Trinajstić information content (AvgIpc) is 2.81. The third-order valence-electron chi connectivity index (χ3n) is 3.31. The van der Waals surface area contributed by atoms with E-state index in [1.807, 2.05) is 6.07 Å². The van der Waals surface area contributed by atoms with E-state index in [1.54, 1.807) is 38.4 Å². The lowest BCUT2D eigenvalue weighted by Crippen LogP contribution is -2.49. The van der Waals surface area contributed by atoms with Crippen molar-refractivity contribution in [2.75, 3.05) is 12.8 Å². The molecule has 1 atom stereocenters. The summed E-state index contributed by atoms with van der Waals surface area (Å²) in [6, 6.07) is 8.93. The number of hydrogen-bond acceptors (Lipinski definition) is 5. The van der Waals surface area contributed by atoms with E-state index in [9.17, 15) is 14.7 Å². The Morgan fingerprint density at radius 1 is 1.48 bits per heavy atom. The van der Waals surface area contributed by atoms with Gasteiger partial charge in [-0.25, -0.2) is 14.7 Å². The number of thioether (sulfide) groups is 1. The Bertz CT molecular complexity index is 682. The van der Waals surface area contributed by atoms with Gasteiger partial charge in [0.1, 0.15) is 0 Å². The predicted molar refractivity (Wildman–Crippen MR) is 79.4 cm³/mol. The summed E-state index contributed by atoms with van der Waals surface area (Å²) in [7, 11) is 3.18. The Labute approximate surface area is 125 Å². The van der Waals surface area contributed by atoms with Gasteiger partial charge in [0.25, 0.3) is 0 Å². The molecule has 1 heterocycles. The zero-order chi connectivity index (χ0) is 15.5. The molecule has 21 heavy (non-hydrogen) atoms. The lowest BCUT2D eigenvalue weighted by molar-refractivity contribution is -0.144. The summed E-state index contributed by atoms with van der Waals surface area (Å²) in [6.07, 6.45) is 0. The molecule has 3 N–H and O–H groups in total. The lowest BCUT2D eigenvalue weighted by atomic mass is 9.92. The van der Waals surface area contributed by atoms with Crippen molar-refractivity contribution in [2.24, 2.45) is 7.05 Å². The van der Waals surface area contributed by atoms with Gasteiger partial charge in [0.2, 0.25) is 0 Å². The van der Waals surface area contributed by atoms with Crippen LogP contribution >= 0.6 is 11.8 Å². The second-order valence-electron chi connectivity index (χ2n) is 4.49. The van der Waals surface area contributed by atoms with Gasteiger partial charge in [-0.3, -0.25) is 4.57 Å². The number of aliphatic carboxylic acids is 1. The number of rotatable bonds is 6. The summed E-state index contributed by atoms with van der Waals surface area (Å²) in [5.41, 5.74) is -0.934. The SMILES string of the molecule is CNC(CSc1n[nH]c(=O)n1C)(C(=O)O)c1ccccc1. The van der Waals surface area contributed by atoms with Crippen LogP contribution in [-0.2, 0) is 17.4 Å². The number of nitrogens with zero attached hydrogens (tertiary/aromatic N) is 2. The maximum absolute atomic E-state index is 11.8. The smallest absolute Gasteiger partial charge is 0.343 e. The number of H-pyrrole nitrogens is 1. The first kappa shape index (κ1) is 15.3. The van der Waals surface area contributed by atoms with Crippen LogP contribution in [0.4, 0.5) is 0 Å². The van der Waals surface area contributed by atoms with Gasteiger partial charge in [0.05, 0.1) is 0 Å². The van der Waals surface area contributed by atoms with E-state index in [4.69, 9.17) is 0 Å². The molecule has 0 amide bonds. The van der Waals surface area contributed by atoms with E-state index in [-0.39, 0.29) is 11.4 Å². The Balaban J connectivity index is 2.32. The van der Waals surface area contributed by atoms with E-state index in [1.165, 1.54) is 16.3 Å². The van der Waals surface area contributed by atoms with Crippen LogP contribution in [0.15, 0.2) is 40.3 Å². The van der Waals surface area contributed by atoms with Crippen molar-refractivity contribution >= 4 is 17.7 Å². The van der Waals surface area contributed by atoms with Crippen LogP contribution in [-0.4, -0.2) is 38.6 Å². The predicted octanol–water partition coefficient (Wildman–Crippen LogP) is 0.400. The molecule has 112 valence electrons. The summed E-state index contributed by atoms with van der Waals surface area (Å²) in [5, 5.41) is 19.2. The second kappa shape index (κ2) is 6.15. The van der Waals surface area contributed by atoms with Crippen molar-refractivity contribution in [1.82, 2.24) is 20.1 Å². The molecular formula is C13H16N4O3S. The maximum Gasteiger partial charge on any atom is 0.343 e. The van der Waals surface area contributed by atoms with E-state index >= 15 is 0 Å². The highest BCUT2D eigenvalue weighted by Crippen LogP contribution is 2.28. The normalized spacial score (nSPS) is 13.8. The Morgan fingerprint density at radius 3 is 2.62 bits per heavy atom. The molecule has 2 rings (SSSR count). The Morgan fingerprint density at radius 2 is 2.14 bits per heavy atom. The number of likely N-dealkylation sites (N-methyl/N-ethyl adjacent to an activating group) is 1. The van der Waals surface area contributed by atoms with Crippen molar-refractivity contribution in [2.45, 2.75) is 10.7 Å². The molecule has 0 aliphatic heterocycles. The van der Waals surface area contributed by atoms with Gasteiger partial charge in [-0.05, 0) is 12.6 Å². The highest BCUT2D eigenvalue weighted by molar-refractivity contribution is 7.99. The van der Waals surface area contributed by atoms with Gasteiger partial charge in [0.15, 0.2) is 10.7 Å². The summed E-state index contributed by atoms with van der Waals surface area (Å²) in [5.74, 6) is -0.787. The van der Waals surface area contributed by atoms with Gasteiger partial charge < -0.3 is 10.4 Å². The number of carboxylic acid groups (broad SMARTS) is 1. The molecule has 0 fully saturated rings. The van der Waals surface area contributed by atoms with Crippen molar-refractivity contribution < 1.29 is 9.90 Å². The fraction of sp³-hybridized carbons (Fsp3) is 0.308. The Kier molecular flexibility index (Phi) is 4.49. The van der Waals surface area contributed by atoms with E-state index < -0.39 is 11.5 Å². The Hall–Kier alpha value is -2.06. The van der Waals surface area contributed by atoms with Crippen LogP contribution in [0.3, 0.4) is 0 Å². The van der Waals surface area contributed by atoms with Gasteiger partial charge in [-0.15, -0.1) is 5.10 Å². The monoisotopic (exact) mass is 308 g/mol. The van der Waals surface area contributed by atoms with Crippen molar-refractivity contribution in [1.29, 1.82) is 0 Å². The third kappa shape index (κ3) is 2.86. The molecule has 0 bridgehead atoms. The number of benzene rings is 1. The van der Waals surface area contributed by atoms with E-state index in [0.29, 0.717) is 10.7 Å². The molecule has 1 unspecified atom stereocenters. The minimum Gasteiger partial charge on any atom is -0.480 e. The topological polar surface area (TPSA) is 100 Å². The van der Waals surface area contributed by atoms with Crippen LogP contribution in [0.2, 0.25) is 0 Å². The minimum atomic E-state index is -1.25. The van der Waals surface area contributed by atoms with E-state index in [2.05, 4.69) is 15.5 Å². The second-order valence-corrected chi connectivity index (χ2v) is 5.43. The van der Waals surface area contributed by atoms with Gasteiger partial charge in [-0.1, -0.05) is 42.1 Å². The molecule has 7 nitrogen and oxygen atoms in total. The molecule has 0 radical (unpaired) electrons. The molecular weight excluding hydrogens is 292 g/mol. The molecule has 8 heteroatoms. The molecule has 0 aliphatic carbocycles. The average molecular weight is 308 g/mol. The molecule has 1 aromatic heterocycles. The number of hydrogen-bond donors (Lipinski definition) is 3. The first-order chi connectivity index (χ1) is 10.0. The summed E-state index contributed by atoms with van der Waals surface area (Å²) in [6.45, 7) is 0. The molecule has 2 aromatic rings. The van der Waals surface area contributed by atoms with Gasteiger partial charge in [-0.2, -0.15) is 0 Å². The minimum absolute atomic E-state index is 0.195. The highest BCUT2D eigenvalue weighted by Gasteiger charge is 2.39. The van der Waals surface area contributed by atoms with Crippen LogP contribution < -0.4 is 11.0 Å². The van der Waals surface area contributed by atoms with Gasteiger partial charge in [0, 0.05) is 12.8 Å². The molecule has 0 saturated heterocycles. The number of aromatic nitrogens is 3. The summed E-state index contributed by atoms with van der Waals surface area (Å²) in [4.78, 5) is 23.1. The molecule has 0 saturated carbocycles. The number of carbonyl (C=O) groups is 1. The molecule has 1 aromatic carbocycles. The number of aromatic amines is 1. The van der Waals surface area contributed by atoms with Gasteiger partial charge >= 0.3 is 11.7 Å². The number of carboxylic acids is 1. The van der Waals surface area contributed by atoms with Crippen LogP contribution in [0.1, 0.15) is 5.56 Å². The third-order valence-corrected chi connectivity index (χ3v) is 4.52. The number of nitrogens with one attached hydrogen (secondary N) is 2.